The number of aromatic nitrogens is 4. The summed E-state index contributed by atoms with van der Waals surface area (Å²) in [5.74, 6) is -5.07. The fourth-order valence-electron chi connectivity index (χ4n) is 4.43. The van der Waals surface area contributed by atoms with E-state index in [1.807, 2.05) is 0 Å². The Balaban J connectivity index is 1.55. The predicted molar refractivity (Wildman–Crippen MR) is 111 cm³/mol. The maximum Gasteiger partial charge on any atom is 0.273 e. The maximum absolute atomic E-state index is 14.1. The second-order valence-electron chi connectivity index (χ2n) is 7.87. The summed E-state index contributed by atoms with van der Waals surface area (Å²) in [7, 11) is 1.62. The number of nitrogens with zero attached hydrogens (tertiary/aromatic N) is 5. The first-order chi connectivity index (χ1) is 15.8. The van der Waals surface area contributed by atoms with Crippen molar-refractivity contribution in [3.63, 3.8) is 0 Å². The van der Waals surface area contributed by atoms with Crippen LogP contribution in [0.25, 0.3) is 22.2 Å². The van der Waals surface area contributed by atoms with Gasteiger partial charge in [-0.3, -0.25) is 9.48 Å². The van der Waals surface area contributed by atoms with Gasteiger partial charge >= 0.3 is 0 Å². The van der Waals surface area contributed by atoms with Crippen molar-refractivity contribution in [3.05, 3.63) is 76.9 Å². The molecule has 10 heteroatoms. The normalized spacial score (nSPS) is 15.7. The van der Waals surface area contributed by atoms with E-state index in [-0.39, 0.29) is 23.3 Å². The highest BCUT2D eigenvalue weighted by molar-refractivity contribution is 6.04. The topological polar surface area (TPSA) is 63.9 Å². The van der Waals surface area contributed by atoms with Crippen molar-refractivity contribution < 1.29 is 22.4 Å². The molecular formula is C23H17F4N5O. The van der Waals surface area contributed by atoms with Gasteiger partial charge in [0, 0.05) is 30.1 Å². The fraction of sp³-hybridized carbons (Fsp3) is 0.217. The molecule has 1 atom stereocenters. The van der Waals surface area contributed by atoms with Crippen molar-refractivity contribution in [3.8, 4) is 11.3 Å². The third-order valence-corrected chi connectivity index (χ3v) is 5.98. The van der Waals surface area contributed by atoms with Gasteiger partial charge in [-0.15, -0.1) is 0 Å². The summed E-state index contributed by atoms with van der Waals surface area (Å²) < 4.78 is 56.7. The Kier molecular flexibility index (Phi) is 4.88. The van der Waals surface area contributed by atoms with E-state index in [2.05, 4.69) is 15.1 Å². The van der Waals surface area contributed by atoms with Crippen molar-refractivity contribution in [1.82, 2.24) is 24.6 Å². The van der Waals surface area contributed by atoms with E-state index >= 15 is 0 Å². The molecule has 0 radical (unpaired) electrons. The van der Waals surface area contributed by atoms with Crippen LogP contribution in [-0.2, 0) is 13.5 Å². The van der Waals surface area contributed by atoms with E-state index in [9.17, 15) is 22.4 Å². The molecule has 4 aromatic rings. The first-order valence-electron chi connectivity index (χ1n) is 10.2. The highest BCUT2D eigenvalue weighted by Gasteiger charge is 2.34. The van der Waals surface area contributed by atoms with E-state index in [0.29, 0.717) is 23.2 Å². The fourth-order valence-corrected chi connectivity index (χ4v) is 4.43. The number of benzene rings is 2. The summed E-state index contributed by atoms with van der Waals surface area (Å²) >= 11 is 0. The van der Waals surface area contributed by atoms with Gasteiger partial charge in [-0.2, -0.15) is 5.10 Å². The Morgan fingerprint density at radius 3 is 2.52 bits per heavy atom. The number of rotatable bonds is 2. The Bertz CT molecular complexity index is 1410. The van der Waals surface area contributed by atoms with Crippen molar-refractivity contribution >= 4 is 16.8 Å². The van der Waals surface area contributed by atoms with Gasteiger partial charge in [0.05, 0.1) is 17.4 Å². The molecule has 0 bridgehead atoms. The quantitative estimate of drug-likeness (QED) is 0.333. The summed E-state index contributed by atoms with van der Waals surface area (Å²) in [6.45, 7) is 2.06. The van der Waals surface area contributed by atoms with Crippen molar-refractivity contribution in [1.29, 1.82) is 0 Å². The molecule has 0 N–H and O–H groups in total. The van der Waals surface area contributed by atoms with Gasteiger partial charge < -0.3 is 4.90 Å². The highest BCUT2D eigenvalue weighted by atomic mass is 19.2. The minimum Gasteiger partial charge on any atom is -0.329 e. The number of amides is 1. The lowest BCUT2D eigenvalue weighted by molar-refractivity contribution is 0.0669. The molecule has 1 aliphatic rings. The van der Waals surface area contributed by atoms with E-state index in [1.54, 1.807) is 24.9 Å². The second-order valence-corrected chi connectivity index (χ2v) is 7.87. The lowest BCUT2D eigenvalue weighted by Crippen LogP contribution is -2.39. The molecule has 0 saturated heterocycles. The van der Waals surface area contributed by atoms with Gasteiger partial charge in [0.15, 0.2) is 17.5 Å². The van der Waals surface area contributed by atoms with Crippen LogP contribution in [-0.4, -0.2) is 37.1 Å². The molecule has 0 spiro atoms. The first-order valence-corrected chi connectivity index (χ1v) is 10.2. The highest BCUT2D eigenvalue weighted by Crippen LogP contribution is 2.37. The standard InChI is InChI=1S/C23H17F4N5O/c1-11-19-14(22(31(2)30-19)12-8-16(25)18(27)17(26)9-12)6-7-32(11)23(33)21-13-4-3-5-15(24)20(13)28-10-29-21/h3-5,8-11H,6-7H2,1-2H3/t11-/m0/s1. The summed E-state index contributed by atoms with van der Waals surface area (Å²) in [5.41, 5.74) is 2.03. The minimum absolute atomic E-state index is 0.0571. The molecule has 6 nitrogen and oxygen atoms in total. The Morgan fingerprint density at radius 2 is 1.79 bits per heavy atom. The van der Waals surface area contributed by atoms with Crippen molar-refractivity contribution in [2.75, 3.05) is 6.54 Å². The van der Waals surface area contributed by atoms with Crippen LogP contribution in [0.1, 0.15) is 34.7 Å². The van der Waals surface area contributed by atoms with Crippen LogP contribution in [0.2, 0.25) is 0 Å². The molecule has 0 saturated carbocycles. The van der Waals surface area contributed by atoms with Crippen LogP contribution in [0.5, 0.6) is 0 Å². The summed E-state index contributed by atoms with van der Waals surface area (Å²) in [4.78, 5) is 23.0. The number of hydrogen-bond acceptors (Lipinski definition) is 4. The van der Waals surface area contributed by atoms with E-state index < -0.39 is 35.2 Å². The average Bonchev–Trinajstić information content (AvgIpc) is 3.14. The number of halogens is 4. The van der Waals surface area contributed by atoms with Crippen LogP contribution in [0, 0.1) is 23.3 Å². The molecule has 2 aromatic heterocycles. The van der Waals surface area contributed by atoms with Gasteiger partial charge in [-0.1, -0.05) is 12.1 Å². The first kappa shape index (κ1) is 21.0. The molecule has 1 amide bonds. The largest absolute Gasteiger partial charge is 0.329 e. The molecule has 3 heterocycles. The zero-order valence-corrected chi connectivity index (χ0v) is 17.6. The lowest BCUT2D eigenvalue weighted by Gasteiger charge is -2.32. The summed E-state index contributed by atoms with van der Waals surface area (Å²) in [5, 5.41) is 4.79. The Morgan fingerprint density at radius 1 is 1.06 bits per heavy atom. The number of aryl methyl sites for hydroxylation is 1. The number of fused-ring (bicyclic) bond motifs is 2. The monoisotopic (exact) mass is 455 g/mol. The third-order valence-electron chi connectivity index (χ3n) is 5.98. The average molecular weight is 455 g/mol. The minimum atomic E-state index is -1.53. The van der Waals surface area contributed by atoms with Crippen LogP contribution in [0.4, 0.5) is 17.6 Å². The molecule has 5 rings (SSSR count). The number of carbonyl (C=O) groups is 1. The van der Waals surface area contributed by atoms with E-state index in [4.69, 9.17) is 0 Å². The second kappa shape index (κ2) is 7.65. The van der Waals surface area contributed by atoms with Crippen molar-refractivity contribution in [2.24, 2.45) is 7.05 Å². The molecule has 33 heavy (non-hydrogen) atoms. The smallest absolute Gasteiger partial charge is 0.273 e. The van der Waals surface area contributed by atoms with Crippen LogP contribution in [0.15, 0.2) is 36.7 Å². The number of hydrogen-bond donors (Lipinski definition) is 0. The number of para-hydroxylation sites is 1. The molecule has 1 aliphatic heterocycles. The number of carbonyl (C=O) groups excluding carboxylic acids is 1. The third kappa shape index (κ3) is 3.24. The van der Waals surface area contributed by atoms with Gasteiger partial charge in [0.25, 0.3) is 5.91 Å². The van der Waals surface area contributed by atoms with Gasteiger partial charge in [-0.05, 0) is 31.5 Å². The summed E-state index contributed by atoms with van der Waals surface area (Å²) in [6, 6.07) is 5.70. The summed E-state index contributed by atoms with van der Waals surface area (Å²) in [6.07, 6.45) is 1.50. The van der Waals surface area contributed by atoms with E-state index in [0.717, 1.165) is 24.0 Å². The van der Waals surface area contributed by atoms with Gasteiger partial charge in [0.1, 0.15) is 23.4 Å². The molecule has 2 aromatic carbocycles. The molecule has 0 unspecified atom stereocenters. The Labute approximate surface area is 185 Å². The maximum atomic E-state index is 14.1. The lowest BCUT2D eigenvalue weighted by atomic mass is 9.95. The van der Waals surface area contributed by atoms with Gasteiger partial charge in [0.2, 0.25) is 0 Å². The molecular weight excluding hydrogens is 438 g/mol. The zero-order valence-electron chi connectivity index (χ0n) is 17.6. The van der Waals surface area contributed by atoms with Crippen molar-refractivity contribution in [2.45, 2.75) is 19.4 Å². The SMILES string of the molecule is C[C@H]1c2nn(C)c(-c3cc(F)c(F)c(F)c3)c2CCN1C(=O)c1ncnc2c(F)cccc12. The van der Waals surface area contributed by atoms with Crippen LogP contribution < -0.4 is 0 Å². The van der Waals surface area contributed by atoms with E-state index in [1.165, 1.54) is 16.8 Å². The predicted octanol–water partition coefficient (Wildman–Crippen LogP) is 4.35. The molecule has 168 valence electrons. The van der Waals surface area contributed by atoms with Crippen LogP contribution >= 0.6 is 0 Å². The zero-order chi connectivity index (χ0) is 23.4. The Hall–Kier alpha value is -3.82. The van der Waals surface area contributed by atoms with Crippen LogP contribution in [0.3, 0.4) is 0 Å². The van der Waals surface area contributed by atoms with Gasteiger partial charge in [-0.25, -0.2) is 27.5 Å². The molecule has 0 fully saturated rings. The molecule has 0 aliphatic carbocycles.